The summed E-state index contributed by atoms with van der Waals surface area (Å²) in [5.41, 5.74) is 1.08. The van der Waals surface area contributed by atoms with Crippen molar-refractivity contribution in [2.24, 2.45) is 11.0 Å². The van der Waals surface area contributed by atoms with Crippen LogP contribution in [-0.2, 0) is 4.74 Å². The SMILES string of the molecule is CC(C)COC(=O)c1cc(-c2ccc(C=NN(C)C)o2)ccc1Cl. The number of rotatable bonds is 6. The summed E-state index contributed by atoms with van der Waals surface area (Å²) in [6.45, 7) is 4.31. The van der Waals surface area contributed by atoms with Gasteiger partial charge < -0.3 is 14.2 Å². The Bertz CT molecular complexity index is 736. The molecule has 5 nitrogen and oxygen atoms in total. The molecule has 24 heavy (non-hydrogen) atoms. The van der Waals surface area contributed by atoms with Crippen molar-refractivity contribution in [2.45, 2.75) is 13.8 Å². The summed E-state index contributed by atoms with van der Waals surface area (Å²) in [6.07, 6.45) is 1.62. The van der Waals surface area contributed by atoms with Gasteiger partial charge in [0.15, 0.2) is 0 Å². The minimum Gasteiger partial charge on any atom is -0.462 e. The average molecular weight is 349 g/mol. The van der Waals surface area contributed by atoms with Crippen LogP contribution in [0.4, 0.5) is 0 Å². The highest BCUT2D eigenvalue weighted by Crippen LogP contribution is 2.27. The maximum Gasteiger partial charge on any atom is 0.339 e. The normalized spacial score (nSPS) is 11.2. The molecule has 1 heterocycles. The maximum atomic E-state index is 12.2. The number of benzene rings is 1. The molecule has 0 bridgehead atoms. The lowest BCUT2D eigenvalue weighted by atomic mass is 10.1. The second-order valence-electron chi connectivity index (χ2n) is 5.98. The van der Waals surface area contributed by atoms with E-state index in [1.54, 1.807) is 29.4 Å². The van der Waals surface area contributed by atoms with Crippen molar-refractivity contribution in [1.82, 2.24) is 5.01 Å². The Morgan fingerprint density at radius 2 is 2.08 bits per heavy atom. The van der Waals surface area contributed by atoms with Crippen LogP contribution in [0.25, 0.3) is 11.3 Å². The molecule has 0 atom stereocenters. The Labute approximate surface area is 146 Å². The van der Waals surface area contributed by atoms with Gasteiger partial charge in [-0.1, -0.05) is 25.4 Å². The van der Waals surface area contributed by atoms with Crippen molar-refractivity contribution in [3.05, 3.63) is 46.7 Å². The van der Waals surface area contributed by atoms with E-state index in [0.29, 0.717) is 28.7 Å². The highest BCUT2D eigenvalue weighted by molar-refractivity contribution is 6.33. The van der Waals surface area contributed by atoms with E-state index in [1.807, 2.05) is 40.1 Å². The highest BCUT2D eigenvalue weighted by Gasteiger charge is 2.15. The van der Waals surface area contributed by atoms with Gasteiger partial charge in [-0.15, -0.1) is 0 Å². The molecule has 128 valence electrons. The lowest BCUT2D eigenvalue weighted by Crippen LogP contribution is -2.10. The van der Waals surface area contributed by atoms with Crippen LogP contribution in [0.1, 0.15) is 30.0 Å². The topological polar surface area (TPSA) is 55.0 Å². The standard InChI is InChI=1S/C18H21ClN2O3/c1-12(2)11-23-18(22)15-9-13(5-7-16(15)19)17-8-6-14(24-17)10-20-21(3)4/h5-10,12H,11H2,1-4H3. The number of furan rings is 1. The Hall–Kier alpha value is -2.27. The minimum absolute atomic E-state index is 0.263. The molecule has 0 amide bonds. The summed E-state index contributed by atoms with van der Waals surface area (Å²) < 4.78 is 11.0. The Morgan fingerprint density at radius 1 is 1.33 bits per heavy atom. The van der Waals surface area contributed by atoms with Gasteiger partial charge in [-0.2, -0.15) is 5.10 Å². The molecule has 0 radical (unpaired) electrons. The Morgan fingerprint density at radius 3 is 2.75 bits per heavy atom. The summed E-state index contributed by atoms with van der Waals surface area (Å²) in [4.78, 5) is 12.2. The van der Waals surface area contributed by atoms with E-state index in [0.717, 1.165) is 5.56 Å². The van der Waals surface area contributed by atoms with E-state index in [4.69, 9.17) is 20.8 Å². The second-order valence-corrected chi connectivity index (χ2v) is 6.39. The van der Waals surface area contributed by atoms with Crippen molar-refractivity contribution in [3.63, 3.8) is 0 Å². The summed E-state index contributed by atoms with van der Waals surface area (Å²) in [6, 6.07) is 8.78. The van der Waals surface area contributed by atoms with Gasteiger partial charge in [0.2, 0.25) is 0 Å². The van der Waals surface area contributed by atoms with E-state index < -0.39 is 5.97 Å². The largest absolute Gasteiger partial charge is 0.462 e. The third-order valence-corrected chi connectivity index (χ3v) is 3.39. The first kappa shape index (κ1) is 18.1. The number of hydrogen-bond acceptors (Lipinski definition) is 5. The fourth-order valence-corrected chi connectivity index (χ4v) is 2.10. The molecule has 6 heteroatoms. The molecule has 0 unspecified atom stereocenters. The molecule has 0 saturated carbocycles. The third-order valence-electron chi connectivity index (χ3n) is 3.06. The van der Waals surface area contributed by atoms with E-state index >= 15 is 0 Å². The maximum absolute atomic E-state index is 12.2. The van der Waals surface area contributed by atoms with Gasteiger partial charge in [0, 0.05) is 19.7 Å². The van der Waals surface area contributed by atoms with Crippen molar-refractivity contribution in [2.75, 3.05) is 20.7 Å². The molecular formula is C18H21ClN2O3. The fourth-order valence-electron chi connectivity index (χ4n) is 1.90. The van der Waals surface area contributed by atoms with Crippen LogP contribution < -0.4 is 0 Å². The quantitative estimate of drug-likeness (QED) is 0.443. The molecule has 1 aromatic heterocycles. The highest BCUT2D eigenvalue weighted by atomic mass is 35.5. The third kappa shape index (κ3) is 4.86. The predicted octanol–water partition coefficient (Wildman–Crippen LogP) is 4.31. The zero-order valence-corrected chi connectivity index (χ0v) is 15.0. The lowest BCUT2D eigenvalue weighted by Gasteiger charge is -2.09. The van der Waals surface area contributed by atoms with E-state index in [2.05, 4.69) is 5.10 Å². The van der Waals surface area contributed by atoms with Crippen LogP contribution in [0.3, 0.4) is 0 Å². The Balaban J connectivity index is 2.23. The molecule has 0 aliphatic heterocycles. The smallest absolute Gasteiger partial charge is 0.339 e. The number of hydrogen-bond donors (Lipinski definition) is 0. The molecule has 0 aliphatic rings. The number of nitrogens with zero attached hydrogens (tertiary/aromatic N) is 2. The molecule has 2 rings (SSSR count). The van der Waals surface area contributed by atoms with E-state index in [-0.39, 0.29) is 5.92 Å². The number of hydrazone groups is 1. The molecular weight excluding hydrogens is 328 g/mol. The number of carbonyl (C=O) groups is 1. The van der Waals surface area contributed by atoms with Gasteiger partial charge in [-0.05, 0) is 36.2 Å². The first-order chi connectivity index (χ1) is 11.4. The van der Waals surface area contributed by atoms with Crippen LogP contribution in [0.15, 0.2) is 39.9 Å². The second kappa shape index (κ2) is 8.02. The van der Waals surface area contributed by atoms with Crippen molar-refractivity contribution in [3.8, 4) is 11.3 Å². The zero-order chi connectivity index (χ0) is 17.7. The average Bonchev–Trinajstić information content (AvgIpc) is 3.00. The minimum atomic E-state index is -0.434. The van der Waals surface area contributed by atoms with Crippen LogP contribution >= 0.6 is 11.6 Å². The van der Waals surface area contributed by atoms with Gasteiger partial charge in [-0.25, -0.2) is 4.79 Å². The first-order valence-corrected chi connectivity index (χ1v) is 8.03. The van der Waals surface area contributed by atoms with Gasteiger partial charge in [0.05, 0.1) is 23.4 Å². The van der Waals surface area contributed by atoms with Crippen molar-refractivity contribution >= 4 is 23.8 Å². The van der Waals surface area contributed by atoms with Crippen molar-refractivity contribution in [1.29, 1.82) is 0 Å². The molecule has 0 saturated heterocycles. The van der Waals surface area contributed by atoms with Gasteiger partial charge >= 0.3 is 5.97 Å². The number of ether oxygens (including phenoxy) is 1. The summed E-state index contributed by atoms with van der Waals surface area (Å²) in [5.74, 6) is 1.08. The molecule has 0 fully saturated rings. The van der Waals surface area contributed by atoms with E-state index in [1.165, 1.54) is 0 Å². The summed E-state index contributed by atoms with van der Waals surface area (Å²) in [7, 11) is 3.66. The summed E-state index contributed by atoms with van der Waals surface area (Å²) >= 11 is 6.13. The van der Waals surface area contributed by atoms with E-state index in [9.17, 15) is 4.79 Å². The van der Waals surface area contributed by atoms with Crippen LogP contribution in [0.2, 0.25) is 5.02 Å². The predicted molar refractivity (Wildman–Crippen MR) is 95.6 cm³/mol. The van der Waals surface area contributed by atoms with Gasteiger partial charge in [-0.3, -0.25) is 0 Å². The zero-order valence-electron chi connectivity index (χ0n) is 14.2. The van der Waals surface area contributed by atoms with Gasteiger partial charge in [0.1, 0.15) is 11.5 Å². The first-order valence-electron chi connectivity index (χ1n) is 7.65. The summed E-state index contributed by atoms with van der Waals surface area (Å²) in [5, 5.41) is 6.15. The number of esters is 1. The number of carbonyl (C=O) groups excluding carboxylic acids is 1. The number of halogens is 1. The molecule has 0 aliphatic carbocycles. The van der Waals surface area contributed by atoms with Gasteiger partial charge in [0.25, 0.3) is 0 Å². The monoisotopic (exact) mass is 348 g/mol. The lowest BCUT2D eigenvalue weighted by molar-refractivity contribution is 0.0459. The molecule has 0 spiro atoms. The molecule has 0 N–H and O–H groups in total. The fraction of sp³-hybridized carbons (Fsp3) is 0.333. The van der Waals surface area contributed by atoms with Crippen LogP contribution in [0.5, 0.6) is 0 Å². The molecule has 1 aromatic carbocycles. The Kier molecular flexibility index (Phi) is 6.04. The van der Waals surface area contributed by atoms with Crippen LogP contribution in [-0.4, -0.2) is 37.9 Å². The molecule has 2 aromatic rings. The van der Waals surface area contributed by atoms with Crippen molar-refractivity contribution < 1.29 is 13.9 Å². The van der Waals surface area contributed by atoms with Crippen LogP contribution in [0, 0.1) is 5.92 Å².